The average Bonchev–Trinajstić information content (AvgIpc) is 3.36. The number of amides is 1. The lowest BCUT2D eigenvalue weighted by Crippen LogP contribution is -2.37. The van der Waals surface area contributed by atoms with Gasteiger partial charge in [0.05, 0.1) is 23.9 Å². The Hall–Kier alpha value is -4.29. The first-order chi connectivity index (χ1) is 18.4. The van der Waals surface area contributed by atoms with Crippen molar-refractivity contribution >= 4 is 32.8 Å². The molecule has 1 unspecified atom stereocenters. The summed E-state index contributed by atoms with van der Waals surface area (Å²) in [6.07, 6.45) is 8.24. The molecule has 6 heterocycles. The highest BCUT2D eigenvalue weighted by Gasteiger charge is 2.22. The number of aromatic nitrogens is 4. The van der Waals surface area contributed by atoms with E-state index in [-0.39, 0.29) is 27.9 Å². The van der Waals surface area contributed by atoms with Crippen molar-refractivity contribution in [3.05, 3.63) is 72.2 Å². The predicted molar refractivity (Wildman–Crippen MR) is 141 cm³/mol. The van der Waals surface area contributed by atoms with Gasteiger partial charge in [-0.15, -0.1) is 0 Å². The Morgan fingerprint density at radius 2 is 1.97 bits per heavy atom. The van der Waals surface area contributed by atoms with Crippen LogP contribution >= 0.6 is 0 Å². The molecule has 3 aliphatic heterocycles. The molecular formula is C26H25N7O4S. The van der Waals surface area contributed by atoms with Gasteiger partial charge in [0.2, 0.25) is 5.88 Å². The second-order valence-electron chi connectivity index (χ2n) is 9.09. The molecule has 0 saturated heterocycles. The maximum absolute atomic E-state index is 13.3. The zero-order valence-corrected chi connectivity index (χ0v) is 21.4. The molecule has 38 heavy (non-hydrogen) atoms. The van der Waals surface area contributed by atoms with Crippen LogP contribution in [0, 0.1) is 0 Å². The van der Waals surface area contributed by atoms with Crippen molar-refractivity contribution in [1.82, 2.24) is 29.8 Å². The summed E-state index contributed by atoms with van der Waals surface area (Å²) in [5.74, 6) is -0.228. The molecule has 7 rings (SSSR count). The highest BCUT2D eigenvalue weighted by molar-refractivity contribution is 7.92. The summed E-state index contributed by atoms with van der Waals surface area (Å²) in [5.41, 5.74) is 4.45. The first-order valence-electron chi connectivity index (χ1n) is 12.1. The second-order valence-corrected chi connectivity index (χ2v) is 10.8. The SMILES string of the molecule is COc1ncc2cc1NS(=O)(=O)c1cccc(c1)C(=O)NCCN1CC=C(CC1)c1cnn3ccc-2nc13. The third-order valence-corrected chi connectivity index (χ3v) is 8.08. The Bertz CT molecular complexity index is 1700. The number of ether oxygens (including phenoxy) is 1. The number of nitrogens with one attached hydrogen (secondary N) is 2. The summed E-state index contributed by atoms with van der Waals surface area (Å²) >= 11 is 0. The molecule has 1 atom stereocenters. The number of benzene rings is 1. The van der Waals surface area contributed by atoms with Crippen molar-refractivity contribution in [2.45, 2.75) is 11.3 Å². The quantitative estimate of drug-likeness (QED) is 0.383. The van der Waals surface area contributed by atoms with Gasteiger partial charge >= 0.3 is 0 Å². The van der Waals surface area contributed by atoms with E-state index in [9.17, 15) is 13.2 Å². The van der Waals surface area contributed by atoms with Crippen molar-refractivity contribution in [1.29, 1.82) is 0 Å². The van der Waals surface area contributed by atoms with Gasteiger partial charge in [-0.3, -0.25) is 14.4 Å². The fourth-order valence-electron chi connectivity index (χ4n) is 4.68. The number of hydrogen-bond acceptors (Lipinski definition) is 8. The van der Waals surface area contributed by atoms with Crippen LogP contribution in [-0.4, -0.2) is 72.1 Å². The average molecular weight is 532 g/mol. The lowest BCUT2D eigenvalue weighted by atomic mass is 10.0. The van der Waals surface area contributed by atoms with Crippen molar-refractivity contribution in [3.63, 3.8) is 0 Å². The van der Waals surface area contributed by atoms with Crippen LogP contribution in [0.4, 0.5) is 5.69 Å². The number of anilines is 1. The number of methoxy groups -OCH3 is 1. The van der Waals surface area contributed by atoms with Crippen LogP contribution in [0.5, 0.6) is 5.88 Å². The zero-order chi connectivity index (χ0) is 26.3. The van der Waals surface area contributed by atoms with E-state index in [4.69, 9.17) is 9.72 Å². The third kappa shape index (κ3) is 4.48. The van der Waals surface area contributed by atoms with Gasteiger partial charge in [-0.2, -0.15) is 5.10 Å². The monoisotopic (exact) mass is 531 g/mol. The number of pyridine rings is 1. The smallest absolute Gasteiger partial charge is 0.262 e. The topological polar surface area (TPSA) is 131 Å². The fraction of sp³-hybridized carbons (Fsp3) is 0.231. The summed E-state index contributed by atoms with van der Waals surface area (Å²) in [6, 6.07) is 9.35. The number of carbonyl (C=O) groups is 1. The normalized spacial score (nSPS) is 18.9. The number of nitrogens with zero attached hydrogens (tertiary/aromatic N) is 5. The standard InChI is InChI=1S/C26H25N7O4S/c1-37-26-23-14-19(15-28-26)22-7-11-33-24(30-22)21(16-29-33)17-5-9-32(10-6-17)12-8-27-25(34)18-3-2-4-20(13-18)38(35,36)31-23/h2-5,7,11,13-16,31H,6,8-10,12H2,1H3,(H,27,34). The van der Waals surface area contributed by atoms with Gasteiger partial charge in [-0.1, -0.05) is 12.1 Å². The summed E-state index contributed by atoms with van der Waals surface area (Å²) in [4.78, 5) is 24.2. The molecule has 0 spiro atoms. The fourth-order valence-corrected chi connectivity index (χ4v) is 5.77. The first-order valence-corrected chi connectivity index (χ1v) is 13.6. The van der Waals surface area contributed by atoms with Crippen molar-refractivity contribution < 1.29 is 17.9 Å². The summed E-state index contributed by atoms with van der Waals surface area (Å²) in [7, 11) is -2.65. The van der Waals surface area contributed by atoms with Crippen molar-refractivity contribution in [3.8, 4) is 17.1 Å². The molecule has 2 N–H and O–H groups in total. The summed E-state index contributed by atoms with van der Waals surface area (Å²) in [5, 5.41) is 7.36. The molecule has 0 aliphatic carbocycles. The van der Waals surface area contributed by atoms with E-state index in [0.717, 1.165) is 30.6 Å². The third-order valence-electron chi connectivity index (χ3n) is 6.71. The second kappa shape index (κ2) is 9.54. The van der Waals surface area contributed by atoms with Crippen LogP contribution in [0.1, 0.15) is 22.3 Å². The Balaban J connectivity index is 1.48. The lowest BCUT2D eigenvalue weighted by Gasteiger charge is -2.26. The number of fused-ring (bicyclic) bond motifs is 6. The molecule has 3 aromatic heterocycles. The maximum Gasteiger partial charge on any atom is 0.262 e. The number of rotatable bonds is 1. The Kier molecular flexibility index (Phi) is 6.04. The van der Waals surface area contributed by atoms with Crippen LogP contribution in [-0.2, 0) is 10.0 Å². The van der Waals surface area contributed by atoms with E-state index in [1.165, 1.54) is 19.2 Å². The Morgan fingerprint density at radius 1 is 1.08 bits per heavy atom. The van der Waals surface area contributed by atoms with E-state index in [1.807, 2.05) is 12.4 Å². The molecule has 8 bridgehead atoms. The van der Waals surface area contributed by atoms with Gasteiger partial charge in [0, 0.05) is 55.3 Å². The first kappa shape index (κ1) is 24.1. The molecule has 3 aliphatic rings. The van der Waals surface area contributed by atoms with Gasteiger partial charge in [-0.05, 0) is 42.3 Å². The van der Waals surface area contributed by atoms with E-state index < -0.39 is 10.0 Å². The van der Waals surface area contributed by atoms with Crippen LogP contribution in [0.25, 0.3) is 22.5 Å². The van der Waals surface area contributed by atoms with Crippen LogP contribution in [0.2, 0.25) is 0 Å². The van der Waals surface area contributed by atoms with Gasteiger partial charge < -0.3 is 10.1 Å². The minimum absolute atomic E-state index is 0.0517. The number of carbonyl (C=O) groups excluding carboxylic acids is 1. The molecular weight excluding hydrogens is 506 g/mol. The Morgan fingerprint density at radius 3 is 2.79 bits per heavy atom. The predicted octanol–water partition coefficient (Wildman–Crippen LogP) is 2.43. The van der Waals surface area contributed by atoms with Crippen molar-refractivity contribution in [2.75, 3.05) is 38.0 Å². The number of hydrogen-bond donors (Lipinski definition) is 2. The van der Waals surface area contributed by atoms with Gasteiger partial charge in [0.15, 0.2) is 5.65 Å². The highest BCUT2D eigenvalue weighted by atomic mass is 32.2. The van der Waals surface area contributed by atoms with Gasteiger partial charge in [0.1, 0.15) is 5.69 Å². The van der Waals surface area contributed by atoms with E-state index in [2.05, 4.69) is 31.1 Å². The molecule has 0 fully saturated rings. The van der Waals surface area contributed by atoms with Crippen LogP contribution < -0.4 is 14.8 Å². The largest absolute Gasteiger partial charge is 0.480 e. The maximum atomic E-state index is 13.3. The molecule has 4 aromatic rings. The molecule has 0 radical (unpaired) electrons. The van der Waals surface area contributed by atoms with Gasteiger partial charge in [0.25, 0.3) is 15.9 Å². The van der Waals surface area contributed by atoms with E-state index >= 15 is 0 Å². The van der Waals surface area contributed by atoms with Crippen LogP contribution in [0.15, 0.2) is 66.0 Å². The van der Waals surface area contributed by atoms with Gasteiger partial charge in [-0.25, -0.2) is 22.9 Å². The van der Waals surface area contributed by atoms with E-state index in [1.54, 1.807) is 35.0 Å². The lowest BCUT2D eigenvalue weighted by molar-refractivity contribution is 0.0948. The molecule has 0 saturated carbocycles. The summed E-state index contributed by atoms with van der Waals surface area (Å²) in [6.45, 7) is 2.69. The molecule has 12 heteroatoms. The van der Waals surface area contributed by atoms with E-state index in [0.29, 0.717) is 30.0 Å². The Labute approximate surface area is 219 Å². The molecule has 1 amide bonds. The summed E-state index contributed by atoms with van der Waals surface area (Å²) < 4.78 is 36.2. The molecule has 11 nitrogen and oxygen atoms in total. The molecule has 1 aromatic carbocycles. The van der Waals surface area contributed by atoms with Crippen molar-refractivity contribution in [2.24, 2.45) is 0 Å². The minimum Gasteiger partial charge on any atom is -0.480 e. The minimum atomic E-state index is -4.06. The number of sulfonamides is 1. The highest BCUT2D eigenvalue weighted by Crippen LogP contribution is 2.31. The molecule has 194 valence electrons. The zero-order valence-electron chi connectivity index (χ0n) is 20.6. The van der Waals surface area contributed by atoms with Crippen LogP contribution in [0.3, 0.4) is 0 Å².